The number of nitrogens with one attached hydrogen (secondary N) is 1. The van der Waals surface area contributed by atoms with Crippen LogP contribution in [0.2, 0.25) is 0 Å². The van der Waals surface area contributed by atoms with Crippen LogP contribution in [-0.2, 0) is 13.1 Å². The fourth-order valence-electron chi connectivity index (χ4n) is 1.84. The van der Waals surface area contributed by atoms with Crippen molar-refractivity contribution in [1.82, 2.24) is 25.3 Å². The molecule has 0 saturated heterocycles. The second-order valence-corrected chi connectivity index (χ2v) is 4.49. The van der Waals surface area contributed by atoms with Crippen LogP contribution in [0.5, 0.6) is 0 Å². The summed E-state index contributed by atoms with van der Waals surface area (Å²) in [4.78, 5) is 0. The van der Waals surface area contributed by atoms with Crippen molar-refractivity contribution in [2.24, 2.45) is 0 Å². The summed E-state index contributed by atoms with van der Waals surface area (Å²) in [6.07, 6.45) is 5.27. The van der Waals surface area contributed by atoms with E-state index in [1.807, 2.05) is 16.9 Å². The number of hydrogen-bond acceptors (Lipinski definition) is 6. The first-order valence-corrected chi connectivity index (χ1v) is 6.38. The first kappa shape index (κ1) is 12.6. The number of hydrogen-bond donors (Lipinski definition) is 1. The lowest BCUT2D eigenvalue weighted by Crippen LogP contribution is -2.30. The van der Waals surface area contributed by atoms with Gasteiger partial charge in [0.1, 0.15) is 0 Å². The van der Waals surface area contributed by atoms with Gasteiger partial charge < -0.3 is 14.2 Å². The Labute approximate surface area is 115 Å². The number of nitrogens with zero attached hydrogens (tertiary/aromatic N) is 4. The molecule has 3 aromatic heterocycles. The van der Waals surface area contributed by atoms with Crippen molar-refractivity contribution in [1.29, 1.82) is 0 Å². The zero-order chi connectivity index (χ0) is 13.8. The van der Waals surface area contributed by atoms with Crippen molar-refractivity contribution in [3.63, 3.8) is 0 Å². The van der Waals surface area contributed by atoms with E-state index in [0.29, 0.717) is 24.1 Å². The van der Waals surface area contributed by atoms with Gasteiger partial charge in [0, 0.05) is 18.4 Å². The lowest BCUT2D eigenvalue weighted by Gasteiger charge is -2.11. The van der Waals surface area contributed by atoms with E-state index in [2.05, 4.69) is 27.5 Å². The molecule has 3 rings (SSSR count). The fourth-order valence-corrected chi connectivity index (χ4v) is 1.84. The Kier molecular flexibility index (Phi) is 3.60. The summed E-state index contributed by atoms with van der Waals surface area (Å²) in [6.45, 7) is 3.37. The van der Waals surface area contributed by atoms with Crippen molar-refractivity contribution in [3.8, 4) is 11.7 Å². The predicted molar refractivity (Wildman–Crippen MR) is 70.5 cm³/mol. The summed E-state index contributed by atoms with van der Waals surface area (Å²) in [5.74, 6) is 1.50. The first-order chi connectivity index (χ1) is 9.81. The minimum atomic E-state index is 0.244. The number of furan rings is 1. The molecule has 7 heteroatoms. The predicted octanol–water partition coefficient (Wildman–Crippen LogP) is 1.70. The van der Waals surface area contributed by atoms with Crippen LogP contribution < -0.4 is 5.32 Å². The standard InChI is InChI=1S/C13H15N5O2/c1-10(9-18-6-3-5-15-18)14-8-12-16-17-13(20-12)11-4-2-7-19-11/h2-7,10,14H,8-9H2,1H3/t10-/m0/s1. The van der Waals surface area contributed by atoms with Gasteiger partial charge in [-0.2, -0.15) is 5.10 Å². The quantitative estimate of drug-likeness (QED) is 0.736. The van der Waals surface area contributed by atoms with Gasteiger partial charge in [-0.15, -0.1) is 10.2 Å². The largest absolute Gasteiger partial charge is 0.459 e. The maximum atomic E-state index is 5.51. The summed E-state index contributed by atoms with van der Waals surface area (Å²) in [7, 11) is 0. The van der Waals surface area contributed by atoms with E-state index < -0.39 is 0 Å². The Balaban J connectivity index is 1.53. The van der Waals surface area contributed by atoms with Crippen LogP contribution in [-0.4, -0.2) is 26.0 Å². The molecule has 0 saturated carbocycles. The van der Waals surface area contributed by atoms with Gasteiger partial charge in [0.2, 0.25) is 5.89 Å². The first-order valence-electron chi connectivity index (χ1n) is 6.38. The van der Waals surface area contributed by atoms with Crippen LogP contribution in [0, 0.1) is 0 Å². The fraction of sp³-hybridized carbons (Fsp3) is 0.308. The van der Waals surface area contributed by atoms with Crippen LogP contribution >= 0.6 is 0 Å². The van der Waals surface area contributed by atoms with E-state index in [4.69, 9.17) is 8.83 Å². The third kappa shape index (κ3) is 2.94. The van der Waals surface area contributed by atoms with Gasteiger partial charge in [-0.1, -0.05) is 0 Å². The van der Waals surface area contributed by atoms with Crippen molar-refractivity contribution in [2.45, 2.75) is 26.1 Å². The Hall–Kier alpha value is -2.41. The van der Waals surface area contributed by atoms with Crippen LogP contribution in [0.3, 0.4) is 0 Å². The smallest absolute Gasteiger partial charge is 0.283 e. The highest BCUT2D eigenvalue weighted by Crippen LogP contribution is 2.17. The second kappa shape index (κ2) is 5.70. The van der Waals surface area contributed by atoms with Gasteiger partial charge in [0.25, 0.3) is 5.89 Å². The van der Waals surface area contributed by atoms with Crippen molar-refractivity contribution in [2.75, 3.05) is 0 Å². The molecule has 104 valence electrons. The average molecular weight is 273 g/mol. The molecular formula is C13H15N5O2. The molecule has 1 N–H and O–H groups in total. The minimum absolute atomic E-state index is 0.244. The molecular weight excluding hydrogens is 258 g/mol. The second-order valence-electron chi connectivity index (χ2n) is 4.49. The van der Waals surface area contributed by atoms with Crippen LogP contribution in [0.15, 0.2) is 45.7 Å². The van der Waals surface area contributed by atoms with E-state index in [9.17, 15) is 0 Å². The third-order valence-corrected chi connectivity index (χ3v) is 2.82. The Morgan fingerprint density at radius 2 is 2.30 bits per heavy atom. The normalized spacial score (nSPS) is 12.7. The van der Waals surface area contributed by atoms with E-state index in [1.165, 1.54) is 0 Å². The molecule has 1 atom stereocenters. The van der Waals surface area contributed by atoms with Gasteiger partial charge in [-0.3, -0.25) is 4.68 Å². The lowest BCUT2D eigenvalue weighted by atomic mass is 10.3. The zero-order valence-electron chi connectivity index (χ0n) is 11.1. The van der Waals surface area contributed by atoms with E-state index >= 15 is 0 Å². The van der Waals surface area contributed by atoms with Crippen molar-refractivity contribution < 1.29 is 8.83 Å². The van der Waals surface area contributed by atoms with E-state index in [1.54, 1.807) is 24.6 Å². The van der Waals surface area contributed by atoms with Crippen molar-refractivity contribution in [3.05, 3.63) is 42.7 Å². The molecule has 3 heterocycles. The molecule has 0 aromatic carbocycles. The van der Waals surface area contributed by atoms with Gasteiger partial charge >= 0.3 is 0 Å². The Bertz CT molecular complexity index is 630. The molecule has 0 aliphatic rings. The van der Waals surface area contributed by atoms with Crippen LogP contribution in [0.4, 0.5) is 0 Å². The van der Waals surface area contributed by atoms with Crippen molar-refractivity contribution >= 4 is 0 Å². The molecule has 0 aliphatic heterocycles. The minimum Gasteiger partial charge on any atom is -0.459 e. The topological polar surface area (TPSA) is 81.9 Å². The summed E-state index contributed by atoms with van der Waals surface area (Å²) in [5.41, 5.74) is 0. The number of aromatic nitrogens is 4. The molecule has 0 radical (unpaired) electrons. The van der Waals surface area contributed by atoms with Gasteiger partial charge in [0.05, 0.1) is 19.4 Å². The van der Waals surface area contributed by atoms with Gasteiger partial charge in [-0.05, 0) is 25.1 Å². The zero-order valence-corrected chi connectivity index (χ0v) is 11.1. The monoisotopic (exact) mass is 273 g/mol. The molecule has 0 spiro atoms. The summed E-state index contributed by atoms with van der Waals surface area (Å²) >= 11 is 0. The van der Waals surface area contributed by atoms with Gasteiger partial charge in [-0.25, -0.2) is 0 Å². The summed E-state index contributed by atoms with van der Waals surface area (Å²) < 4.78 is 12.6. The maximum absolute atomic E-state index is 5.51. The summed E-state index contributed by atoms with van der Waals surface area (Å²) in [6, 6.07) is 5.71. The highest BCUT2D eigenvalue weighted by molar-refractivity contribution is 5.42. The molecule has 0 bridgehead atoms. The average Bonchev–Trinajstić information content (AvgIpc) is 3.18. The highest BCUT2D eigenvalue weighted by Gasteiger charge is 2.11. The molecule has 7 nitrogen and oxygen atoms in total. The maximum Gasteiger partial charge on any atom is 0.283 e. The molecule has 0 unspecified atom stereocenters. The SMILES string of the molecule is C[C@@H](Cn1cccn1)NCc1nnc(-c2ccco2)o1. The van der Waals surface area contributed by atoms with Crippen LogP contribution in [0.25, 0.3) is 11.7 Å². The molecule has 0 aliphatic carbocycles. The highest BCUT2D eigenvalue weighted by atomic mass is 16.4. The Morgan fingerprint density at radius 1 is 1.35 bits per heavy atom. The van der Waals surface area contributed by atoms with Gasteiger partial charge in [0.15, 0.2) is 5.76 Å². The lowest BCUT2D eigenvalue weighted by molar-refractivity contribution is 0.407. The van der Waals surface area contributed by atoms with E-state index in [0.717, 1.165) is 6.54 Å². The summed E-state index contributed by atoms with van der Waals surface area (Å²) in [5, 5.41) is 15.4. The molecule has 0 fully saturated rings. The van der Waals surface area contributed by atoms with Crippen LogP contribution in [0.1, 0.15) is 12.8 Å². The number of rotatable bonds is 6. The van der Waals surface area contributed by atoms with E-state index in [-0.39, 0.29) is 6.04 Å². The Morgan fingerprint density at radius 3 is 3.05 bits per heavy atom. The molecule has 3 aromatic rings. The molecule has 20 heavy (non-hydrogen) atoms. The molecule has 0 amide bonds. The third-order valence-electron chi connectivity index (χ3n) is 2.82.